The number of allylic oxidation sites excluding steroid dienone is 2. The van der Waals surface area contributed by atoms with Crippen molar-refractivity contribution < 1.29 is 38.4 Å². The number of ether oxygens (including phenoxy) is 4. The number of aliphatic hydroxyl groups excluding tert-OH is 1. The molecule has 1 saturated carbocycles. The highest BCUT2D eigenvalue weighted by molar-refractivity contribution is 5.87. The van der Waals surface area contributed by atoms with Crippen molar-refractivity contribution in [1.82, 2.24) is 10.6 Å². The lowest BCUT2D eigenvalue weighted by Gasteiger charge is -2.39. The zero-order valence-electron chi connectivity index (χ0n) is 29.0. The first kappa shape index (κ1) is 37.9. The molecule has 4 aliphatic rings. The van der Waals surface area contributed by atoms with Crippen molar-refractivity contribution in [3.63, 3.8) is 0 Å². The molecule has 4 fully saturated rings. The van der Waals surface area contributed by atoms with Crippen molar-refractivity contribution in [2.75, 3.05) is 6.61 Å². The van der Waals surface area contributed by atoms with Crippen LogP contribution in [0.1, 0.15) is 106 Å². The summed E-state index contributed by atoms with van der Waals surface area (Å²) < 4.78 is 23.2. The molecule has 3 saturated heterocycles. The lowest BCUT2D eigenvalue weighted by atomic mass is 9.87. The second-order valence-corrected chi connectivity index (χ2v) is 13.3. The van der Waals surface area contributed by atoms with Gasteiger partial charge in [0.2, 0.25) is 11.8 Å². The monoisotopic (exact) mass is 646 g/mol. The molecule has 1 aliphatic carbocycles. The molecule has 4 rings (SSSR count). The summed E-state index contributed by atoms with van der Waals surface area (Å²) in [5.74, 6) is -0.397. The Hall–Kier alpha value is -2.53. The zero-order valence-corrected chi connectivity index (χ0v) is 29.0. The van der Waals surface area contributed by atoms with Crippen molar-refractivity contribution in [1.29, 1.82) is 0 Å². The highest BCUT2D eigenvalue weighted by atomic mass is 16.6. The average molecular weight is 647 g/mol. The summed E-state index contributed by atoms with van der Waals surface area (Å²) in [6.07, 6.45) is 14.6. The largest absolute Gasteiger partial charge is 0.459 e. The number of rotatable bonds is 11. The van der Waals surface area contributed by atoms with Gasteiger partial charge in [0.1, 0.15) is 23.9 Å². The molecule has 3 N–H and O–H groups in total. The number of amides is 2. The van der Waals surface area contributed by atoms with E-state index in [1.165, 1.54) is 19.4 Å². The summed E-state index contributed by atoms with van der Waals surface area (Å²) in [6, 6.07) is 0.140. The van der Waals surface area contributed by atoms with Crippen LogP contribution in [0.15, 0.2) is 36.0 Å². The molecule has 0 aromatic carbocycles. The smallest absolute Gasteiger partial charge is 0.303 e. The van der Waals surface area contributed by atoms with E-state index < -0.39 is 29.9 Å². The van der Waals surface area contributed by atoms with Gasteiger partial charge < -0.3 is 34.7 Å². The number of nitrogens with one attached hydrogen (secondary N) is 2. The average Bonchev–Trinajstić information content (AvgIpc) is 3.79. The summed E-state index contributed by atoms with van der Waals surface area (Å²) >= 11 is 0. The van der Waals surface area contributed by atoms with Gasteiger partial charge in [0.15, 0.2) is 0 Å². The Labute approximate surface area is 275 Å². The quantitative estimate of drug-likeness (QED) is 0.126. The molecule has 0 aromatic heterocycles. The Morgan fingerprint density at radius 3 is 2.39 bits per heavy atom. The van der Waals surface area contributed by atoms with Crippen LogP contribution >= 0.6 is 0 Å². The second kappa shape index (κ2) is 18.1. The Bertz CT molecular complexity index is 1090. The number of carbonyl (C=O) groups excluding carboxylic acids is 3. The number of esters is 1. The van der Waals surface area contributed by atoms with Gasteiger partial charge in [0.05, 0.1) is 37.4 Å². The maximum absolute atomic E-state index is 12.7. The van der Waals surface area contributed by atoms with Crippen LogP contribution in [0, 0.1) is 5.92 Å². The molecule has 7 unspecified atom stereocenters. The first-order valence-corrected chi connectivity index (χ1v) is 17.4. The minimum Gasteiger partial charge on any atom is -0.459 e. The Morgan fingerprint density at radius 2 is 1.74 bits per heavy atom. The van der Waals surface area contributed by atoms with Gasteiger partial charge in [0.25, 0.3) is 0 Å². The number of hydrogen-bond acceptors (Lipinski definition) is 8. The molecule has 10 heteroatoms. The molecule has 9 atom stereocenters. The van der Waals surface area contributed by atoms with Gasteiger partial charge in [-0.25, -0.2) is 0 Å². The fraction of sp³-hybridized carbons (Fsp3) is 0.750. The van der Waals surface area contributed by atoms with Crippen LogP contribution in [-0.2, 0) is 33.3 Å². The lowest BCUT2D eigenvalue weighted by molar-refractivity contribution is -0.146. The van der Waals surface area contributed by atoms with Gasteiger partial charge in [-0.15, -0.1) is 0 Å². The third kappa shape index (κ3) is 11.6. The van der Waals surface area contributed by atoms with Gasteiger partial charge in [0, 0.05) is 25.5 Å². The molecule has 3 heterocycles. The minimum atomic E-state index is -0.779. The van der Waals surface area contributed by atoms with Gasteiger partial charge in [-0.3, -0.25) is 14.4 Å². The van der Waals surface area contributed by atoms with Gasteiger partial charge in [-0.05, 0) is 58.4 Å². The number of aliphatic hydroxyl groups is 1. The normalized spacial score (nSPS) is 34.1. The van der Waals surface area contributed by atoms with E-state index in [2.05, 4.69) is 23.6 Å². The topological polar surface area (TPSA) is 136 Å². The fourth-order valence-corrected chi connectivity index (χ4v) is 6.63. The first-order valence-electron chi connectivity index (χ1n) is 17.4. The number of carbonyl (C=O) groups is 3. The maximum Gasteiger partial charge on any atom is 0.303 e. The molecule has 1 spiro atoms. The SMILES string of the molecule is CC.CC(=O)OC(C)/C=C\C(=O)NC1CC(C)C(C/C=C(C)/C=C/C2O[C@H](CC(=O)NC3CCCCC3)CC3(CO3)[C@@H]2O)OC1C. The van der Waals surface area contributed by atoms with E-state index in [1.807, 2.05) is 39.8 Å². The van der Waals surface area contributed by atoms with E-state index in [1.54, 1.807) is 13.0 Å². The van der Waals surface area contributed by atoms with E-state index >= 15 is 0 Å². The van der Waals surface area contributed by atoms with Crippen molar-refractivity contribution in [3.05, 3.63) is 36.0 Å². The molecular weight excluding hydrogens is 588 g/mol. The predicted octanol–water partition coefficient (Wildman–Crippen LogP) is 4.84. The summed E-state index contributed by atoms with van der Waals surface area (Å²) in [6.45, 7) is 13.6. The van der Waals surface area contributed by atoms with E-state index in [0.29, 0.717) is 19.4 Å². The fourth-order valence-electron chi connectivity index (χ4n) is 6.63. The summed E-state index contributed by atoms with van der Waals surface area (Å²) in [7, 11) is 0. The Kier molecular flexibility index (Phi) is 14.9. The molecule has 10 nitrogen and oxygen atoms in total. The van der Waals surface area contributed by atoms with Crippen molar-refractivity contribution in [2.24, 2.45) is 5.92 Å². The Balaban J connectivity index is 0.00000282. The first-order chi connectivity index (χ1) is 21.9. The van der Waals surface area contributed by atoms with Gasteiger partial charge >= 0.3 is 5.97 Å². The predicted molar refractivity (Wildman–Crippen MR) is 177 cm³/mol. The zero-order chi connectivity index (χ0) is 33.9. The van der Waals surface area contributed by atoms with E-state index in [9.17, 15) is 19.5 Å². The van der Waals surface area contributed by atoms with Crippen LogP contribution in [0.5, 0.6) is 0 Å². The van der Waals surface area contributed by atoms with Crippen LogP contribution in [0.2, 0.25) is 0 Å². The van der Waals surface area contributed by atoms with Crippen molar-refractivity contribution in [2.45, 2.75) is 161 Å². The van der Waals surface area contributed by atoms with Crippen molar-refractivity contribution >= 4 is 17.8 Å². The highest BCUT2D eigenvalue weighted by Gasteiger charge is 2.58. The molecule has 2 amide bonds. The van der Waals surface area contributed by atoms with E-state index in [-0.39, 0.29) is 54.5 Å². The second-order valence-electron chi connectivity index (χ2n) is 13.3. The molecule has 0 bridgehead atoms. The molecule has 0 aromatic rings. The summed E-state index contributed by atoms with van der Waals surface area (Å²) in [5.41, 5.74) is 0.402. The Morgan fingerprint density at radius 1 is 1.04 bits per heavy atom. The standard InChI is InChI=1S/C34H52N2O8.C2H6/c1-21(11-14-29-22(2)17-28(24(4)43-29)36-31(38)16-13-23(3)42-25(5)37)12-15-30-33(40)34(20-41-34)19-27(44-30)18-32(39)35-26-9-7-6-8-10-26;1-2/h11-13,15-16,22-24,26-30,33,40H,6-10,14,17-20H2,1-5H3,(H,35,39)(H,36,38);1-2H3/b15-12+,16-13-,21-11+;/t22?,23?,24?,27-,28?,29?,30?,33-,34?;/m1./s1. The maximum atomic E-state index is 12.7. The molecular formula is C36H58N2O8. The lowest BCUT2D eigenvalue weighted by Crippen LogP contribution is -2.51. The summed E-state index contributed by atoms with van der Waals surface area (Å²) in [5, 5.41) is 17.2. The van der Waals surface area contributed by atoms with Crippen LogP contribution in [-0.4, -0.2) is 83.8 Å². The van der Waals surface area contributed by atoms with E-state index in [4.69, 9.17) is 18.9 Å². The van der Waals surface area contributed by atoms with Crippen LogP contribution < -0.4 is 10.6 Å². The van der Waals surface area contributed by atoms with E-state index in [0.717, 1.165) is 37.7 Å². The van der Waals surface area contributed by atoms with Gasteiger partial charge in [-0.1, -0.05) is 63.8 Å². The highest BCUT2D eigenvalue weighted by Crippen LogP contribution is 2.43. The third-order valence-corrected chi connectivity index (χ3v) is 9.31. The summed E-state index contributed by atoms with van der Waals surface area (Å²) in [4.78, 5) is 36.2. The molecule has 3 aliphatic heterocycles. The molecule has 0 radical (unpaired) electrons. The number of epoxide rings is 1. The minimum absolute atomic E-state index is 0.00717. The molecule has 46 heavy (non-hydrogen) atoms. The third-order valence-electron chi connectivity index (χ3n) is 9.31. The van der Waals surface area contributed by atoms with Gasteiger partial charge in [-0.2, -0.15) is 0 Å². The van der Waals surface area contributed by atoms with Crippen LogP contribution in [0.3, 0.4) is 0 Å². The van der Waals surface area contributed by atoms with Crippen LogP contribution in [0.4, 0.5) is 0 Å². The molecule has 260 valence electrons. The van der Waals surface area contributed by atoms with Crippen LogP contribution in [0.25, 0.3) is 0 Å². The van der Waals surface area contributed by atoms with Crippen molar-refractivity contribution in [3.8, 4) is 0 Å². The number of hydrogen-bond donors (Lipinski definition) is 3.